The van der Waals surface area contributed by atoms with E-state index in [2.05, 4.69) is 0 Å². The van der Waals surface area contributed by atoms with Crippen LogP contribution in [0.2, 0.25) is 0 Å². The molecule has 0 aliphatic rings. The third kappa shape index (κ3) is 3.15. The molecule has 5 N–H and O–H groups in total. The van der Waals surface area contributed by atoms with Crippen molar-refractivity contribution in [2.45, 2.75) is 6.54 Å². The Balaban J connectivity index is 2.97. The Morgan fingerprint density at radius 2 is 2.00 bits per heavy atom. The molecule has 0 radical (unpaired) electrons. The van der Waals surface area contributed by atoms with Crippen LogP contribution in [0, 0.1) is 5.82 Å². The van der Waals surface area contributed by atoms with Gasteiger partial charge in [0.25, 0.3) is 0 Å². The van der Waals surface area contributed by atoms with E-state index in [9.17, 15) is 12.8 Å². The molecule has 15 heavy (non-hydrogen) atoms. The minimum atomic E-state index is -3.66. The smallest absolute Gasteiger partial charge is 0.245 e. The van der Waals surface area contributed by atoms with Crippen molar-refractivity contribution in [1.29, 1.82) is 0 Å². The molecule has 7 heteroatoms. The fourth-order valence-electron chi connectivity index (χ4n) is 0.978. The molecule has 0 aliphatic heterocycles. The van der Waals surface area contributed by atoms with E-state index in [-0.39, 0.29) is 12.2 Å². The van der Waals surface area contributed by atoms with Gasteiger partial charge in [0.1, 0.15) is 11.7 Å². The molecule has 0 saturated carbocycles. The number of halogens is 1. The van der Waals surface area contributed by atoms with Crippen LogP contribution < -0.4 is 16.2 Å². The van der Waals surface area contributed by atoms with Crippen molar-refractivity contribution >= 4 is 15.7 Å². The maximum atomic E-state index is 13.3. The molecular formula is C8H12FN3O2S. The number of rotatable bonds is 4. The highest BCUT2D eigenvalue weighted by atomic mass is 32.2. The largest absolute Gasteiger partial charge is 0.326 e. The summed E-state index contributed by atoms with van der Waals surface area (Å²) >= 11 is 0. The molecule has 0 heterocycles. The first-order valence-corrected chi connectivity index (χ1v) is 5.83. The van der Waals surface area contributed by atoms with E-state index in [0.717, 1.165) is 0 Å². The molecular weight excluding hydrogens is 221 g/mol. The molecule has 0 bridgehead atoms. The number of hydrogen-bond donors (Lipinski definition) is 3. The van der Waals surface area contributed by atoms with Crippen LogP contribution in [0.4, 0.5) is 10.1 Å². The Bertz CT molecular complexity index is 447. The second kappa shape index (κ2) is 4.56. The molecule has 0 amide bonds. The first kappa shape index (κ1) is 11.9. The fourth-order valence-corrected chi connectivity index (χ4v) is 1.56. The van der Waals surface area contributed by atoms with Crippen molar-refractivity contribution in [2.24, 2.45) is 11.5 Å². The van der Waals surface area contributed by atoms with Gasteiger partial charge in [-0.2, -0.15) is 0 Å². The first-order chi connectivity index (χ1) is 6.98. The monoisotopic (exact) mass is 233 g/mol. The summed E-state index contributed by atoms with van der Waals surface area (Å²) in [5.74, 6) is -1.26. The highest BCUT2D eigenvalue weighted by Gasteiger charge is 2.10. The molecule has 1 aromatic rings. The predicted molar refractivity (Wildman–Crippen MR) is 55.9 cm³/mol. The zero-order valence-electron chi connectivity index (χ0n) is 7.90. The van der Waals surface area contributed by atoms with Crippen LogP contribution in [0.25, 0.3) is 0 Å². The van der Waals surface area contributed by atoms with Crippen LogP contribution in [0.1, 0.15) is 5.56 Å². The molecule has 0 unspecified atom stereocenters. The van der Waals surface area contributed by atoms with Gasteiger partial charge in [-0.15, -0.1) is 0 Å². The lowest BCUT2D eigenvalue weighted by Gasteiger charge is -2.07. The molecule has 1 rings (SSSR count). The lowest BCUT2D eigenvalue weighted by molar-refractivity contribution is 0.598. The predicted octanol–water partition coefficient (Wildman–Crippen LogP) is -0.0577. The van der Waals surface area contributed by atoms with Crippen molar-refractivity contribution in [3.63, 3.8) is 0 Å². The average molecular weight is 233 g/mol. The zero-order valence-corrected chi connectivity index (χ0v) is 8.72. The number of nitrogens with one attached hydrogen (secondary N) is 1. The first-order valence-electron chi connectivity index (χ1n) is 4.17. The van der Waals surface area contributed by atoms with Crippen molar-refractivity contribution in [3.05, 3.63) is 29.6 Å². The zero-order chi connectivity index (χ0) is 11.5. The van der Waals surface area contributed by atoms with E-state index in [1.807, 2.05) is 4.72 Å². The molecule has 0 aromatic heterocycles. The normalized spacial score (nSPS) is 11.4. The van der Waals surface area contributed by atoms with Gasteiger partial charge in [0.05, 0.1) is 5.69 Å². The topological polar surface area (TPSA) is 98.2 Å². The van der Waals surface area contributed by atoms with Crippen LogP contribution in [0.5, 0.6) is 0 Å². The van der Waals surface area contributed by atoms with E-state index in [0.29, 0.717) is 5.56 Å². The third-order valence-electron chi connectivity index (χ3n) is 1.75. The van der Waals surface area contributed by atoms with Gasteiger partial charge in [-0.3, -0.25) is 4.72 Å². The van der Waals surface area contributed by atoms with Crippen molar-refractivity contribution in [2.75, 3.05) is 10.6 Å². The standard InChI is InChI=1S/C8H12FN3O2S/c9-7-3-6(4-10)1-2-8(7)12-15(13,14)5-11/h1-3,12H,4-5,10-11H2. The Hall–Kier alpha value is -1.18. The summed E-state index contributed by atoms with van der Waals surface area (Å²) in [5.41, 5.74) is 10.7. The Labute approximate surface area is 87.3 Å². The summed E-state index contributed by atoms with van der Waals surface area (Å²) in [5, 5.41) is 0. The molecule has 0 saturated heterocycles. The van der Waals surface area contributed by atoms with Crippen LogP contribution >= 0.6 is 0 Å². The fraction of sp³-hybridized carbons (Fsp3) is 0.250. The Kier molecular flexibility index (Phi) is 3.61. The van der Waals surface area contributed by atoms with Crippen LogP contribution in [-0.4, -0.2) is 14.3 Å². The minimum absolute atomic E-state index is 0.127. The van der Waals surface area contributed by atoms with Gasteiger partial charge in [-0.1, -0.05) is 6.07 Å². The van der Waals surface area contributed by atoms with Gasteiger partial charge in [0.2, 0.25) is 10.0 Å². The van der Waals surface area contributed by atoms with Crippen LogP contribution in [0.3, 0.4) is 0 Å². The number of anilines is 1. The van der Waals surface area contributed by atoms with Crippen molar-refractivity contribution in [1.82, 2.24) is 0 Å². The number of sulfonamides is 1. The second-order valence-electron chi connectivity index (χ2n) is 2.90. The highest BCUT2D eigenvalue weighted by molar-refractivity contribution is 7.92. The minimum Gasteiger partial charge on any atom is -0.326 e. The molecule has 5 nitrogen and oxygen atoms in total. The summed E-state index contributed by atoms with van der Waals surface area (Å²) < 4.78 is 37.4. The average Bonchev–Trinajstić information content (AvgIpc) is 2.21. The van der Waals surface area contributed by atoms with Gasteiger partial charge in [0.15, 0.2) is 0 Å². The van der Waals surface area contributed by atoms with Crippen LogP contribution in [0.15, 0.2) is 18.2 Å². The summed E-state index contributed by atoms with van der Waals surface area (Å²) in [4.78, 5) is 0. The van der Waals surface area contributed by atoms with E-state index < -0.39 is 21.7 Å². The molecule has 1 aromatic carbocycles. The maximum absolute atomic E-state index is 13.3. The molecule has 0 fully saturated rings. The summed E-state index contributed by atoms with van der Waals surface area (Å²) in [6.07, 6.45) is 0. The third-order valence-corrected chi connectivity index (χ3v) is 2.72. The number of benzene rings is 1. The maximum Gasteiger partial charge on any atom is 0.245 e. The molecule has 0 atom stereocenters. The van der Waals surface area contributed by atoms with Crippen molar-refractivity contribution < 1.29 is 12.8 Å². The number of nitrogens with two attached hydrogens (primary N) is 2. The summed E-state index contributed by atoms with van der Waals surface area (Å²) in [6, 6.07) is 4.02. The quantitative estimate of drug-likeness (QED) is 0.678. The van der Waals surface area contributed by atoms with Crippen molar-refractivity contribution in [3.8, 4) is 0 Å². The lowest BCUT2D eigenvalue weighted by atomic mass is 10.2. The van der Waals surface area contributed by atoms with E-state index >= 15 is 0 Å². The lowest BCUT2D eigenvalue weighted by Crippen LogP contribution is -2.22. The molecule has 0 spiro atoms. The van der Waals surface area contributed by atoms with Crippen LogP contribution in [-0.2, 0) is 16.6 Å². The summed E-state index contributed by atoms with van der Waals surface area (Å²) in [7, 11) is -3.66. The summed E-state index contributed by atoms with van der Waals surface area (Å²) in [6.45, 7) is 0.195. The van der Waals surface area contributed by atoms with Gasteiger partial charge >= 0.3 is 0 Å². The second-order valence-corrected chi connectivity index (χ2v) is 4.67. The SMILES string of the molecule is NCc1ccc(NS(=O)(=O)CN)c(F)c1. The molecule has 0 aliphatic carbocycles. The van der Waals surface area contributed by atoms with Gasteiger partial charge in [-0.05, 0) is 17.7 Å². The van der Waals surface area contributed by atoms with E-state index in [1.54, 1.807) is 0 Å². The Morgan fingerprint density at radius 1 is 1.33 bits per heavy atom. The van der Waals surface area contributed by atoms with Gasteiger partial charge < -0.3 is 11.5 Å². The Morgan fingerprint density at radius 3 is 2.47 bits per heavy atom. The van der Waals surface area contributed by atoms with E-state index in [4.69, 9.17) is 11.5 Å². The van der Waals surface area contributed by atoms with Gasteiger partial charge in [0, 0.05) is 6.54 Å². The van der Waals surface area contributed by atoms with Gasteiger partial charge in [-0.25, -0.2) is 12.8 Å². The van der Waals surface area contributed by atoms with E-state index in [1.165, 1.54) is 18.2 Å². The highest BCUT2D eigenvalue weighted by Crippen LogP contribution is 2.16. The molecule has 84 valence electrons. The number of hydrogen-bond acceptors (Lipinski definition) is 4.